The molecule has 2 nitrogen and oxygen atoms in total. The Morgan fingerprint density at radius 2 is 2.11 bits per heavy atom. The van der Waals surface area contributed by atoms with Gasteiger partial charge in [-0.2, -0.15) is 0 Å². The summed E-state index contributed by atoms with van der Waals surface area (Å²) in [5.74, 6) is 0.678. The molecule has 1 saturated carbocycles. The third-order valence-corrected chi connectivity index (χ3v) is 2.58. The van der Waals surface area contributed by atoms with Crippen molar-refractivity contribution in [2.75, 3.05) is 20.7 Å². The van der Waals surface area contributed by atoms with Gasteiger partial charge < -0.3 is 10.0 Å². The predicted octanol–water partition coefficient (Wildman–Crippen LogP) is 0.319. The zero-order valence-electron chi connectivity index (χ0n) is 6.39. The molecule has 0 heterocycles. The zero-order valence-corrected chi connectivity index (χ0v) is 6.39. The molecule has 54 valence electrons. The summed E-state index contributed by atoms with van der Waals surface area (Å²) in [6.45, 7) is 2.48. The maximum Gasteiger partial charge on any atom is 0.0617 e. The number of aliphatic hydroxyl groups excluding tert-OH is 1. The molecule has 2 unspecified atom stereocenters. The van der Waals surface area contributed by atoms with E-state index in [-0.39, 0.29) is 5.54 Å². The van der Waals surface area contributed by atoms with Crippen LogP contribution >= 0.6 is 0 Å². The number of aliphatic hydroxyl groups is 1. The summed E-state index contributed by atoms with van der Waals surface area (Å²) in [6, 6.07) is 0. The quantitative estimate of drug-likeness (QED) is 0.580. The molecule has 0 amide bonds. The molecule has 9 heavy (non-hydrogen) atoms. The minimum absolute atomic E-state index is 0.139. The fourth-order valence-corrected chi connectivity index (χ4v) is 1.46. The van der Waals surface area contributed by atoms with Crippen LogP contribution in [0.25, 0.3) is 0 Å². The van der Waals surface area contributed by atoms with Gasteiger partial charge in [0.1, 0.15) is 0 Å². The van der Waals surface area contributed by atoms with Gasteiger partial charge in [0.25, 0.3) is 0 Å². The molecule has 0 spiro atoms. The molecule has 1 N–H and O–H groups in total. The maximum absolute atomic E-state index is 8.96. The average molecular weight is 129 g/mol. The number of likely N-dealkylation sites (N-methyl/N-ethyl adjacent to an activating group) is 1. The first-order valence-electron chi connectivity index (χ1n) is 3.42. The maximum atomic E-state index is 8.96. The van der Waals surface area contributed by atoms with Crippen molar-refractivity contribution in [1.29, 1.82) is 0 Å². The van der Waals surface area contributed by atoms with E-state index in [4.69, 9.17) is 5.11 Å². The van der Waals surface area contributed by atoms with Crippen LogP contribution in [0.2, 0.25) is 0 Å². The minimum Gasteiger partial charge on any atom is -0.394 e. The summed E-state index contributed by atoms with van der Waals surface area (Å²) in [7, 11) is 4.06. The highest BCUT2D eigenvalue weighted by Gasteiger charge is 2.52. The van der Waals surface area contributed by atoms with E-state index in [1.165, 1.54) is 0 Å². The molecule has 0 aromatic carbocycles. The third-order valence-electron chi connectivity index (χ3n) is 2.58. The first kappa shape index (κ1) is 7.03. The Labute approximate surface area is 56.5 Å². The number of hydrogen-bond acceptors (Lipinski definition) is 2. The lowest BCUT2D eigenvalue weighted by Gasteiger charge is -2.21. The van der Waals surface area contributed by atoms with Crippen LogP contribution < -0.4 is 0 Å². The average Bonchev–Trinajstić information content (AvgIpc) is 2.43. The van der Waals surface area contributed by atoms with Gasteiger partial charge in [-0.05, 0) is 26.4 Å². The molecule has 1 rings (SSSR count). The summed E-state index contributed by atoms with van der Waals surface area (Å²) in [5.41, 5.74) is 0.139. The highest BCUT2D eigenvalue weighted by atomic mass is 16.3. The standard InChI is InChI=1S/C7H15NO/c1-6-4-7(6,5-9)8(2)3/h6,9H,4-5H2,1-3H3. The topological polar surface area (TPSA) is 23.5 Å². The summed E-state index contributed by atoms with van der Waals surface area (Å²) in [4.78, 5) is 2.12. The summed E-state index contributed by atoms with van der Waals surface area (Å²) < 4.78 is 0. The number of hydrogen-bond donors (Lipinski definition) is 1. The van der Waals surface area contributed by atoms with Crippen LogP contribution in [0.4, 0.5) is 0 Å². The predicted molar refractivity (Wildman–Crippen MR) is 37.3 cm³/mol. The van der Waals surface area contributed by atoms with E-state index in [1.54, 1.807) is 0 Å². The molecule has 0 radical (unpaired) electrons. The van der Waals surface area contributed by atoms with Crippen LogP contribution in [0, 0.1) is 5.92 Å². The Morgan fingerprint density at radius 1 is 1.67 bits per heavy atom. The Kier molecular flexibility index (Phi) is 1.53. The van der Waals surface area contributed by atoms with Gasteiger partial charge in [-0.15, -0.1) is 0 Å². The van der Waals surface area contributed by atoms with Crippen LogP contribution in [0.3, 0.4) is 0 Å². The van der Waals surface area contributed by atoms with E-state index < -0.39 is 0 Å². The van der Waals surface area contributed by atoms with E-state index in [9.17, 15) is 0 Å². The van der Waals surface area contributed by atoms with Crippen molar-refractivity contribution in [3.05, 3.63) is 0 Å². The van der Waals surface area contributed by atoms with Crippen molar-refractivity contribution in [3.63, 3.8) is 0 Å². The van der Waals surface area contributed by atoms with E-state index in [0.29, 0.717) is 12.5 Å². The van der Waals surface area contributed by atoms with E-state index in [0.717, 1.165) is 6.42 Å². The van der Waals surface area contributed by atoms with Crippen molar-refractivity contribution < 1.29 is 5.11 Å². The molecule has 0 saturated heterocycles. The van der Waals surface area contributed by atoms with Crippen LogP contribution in [0.5, 0.6) is 0 Å². The van der Waals surface area contributed by atoms with Crippen molar-refractivity contribution in [3.8, 4) is 0 Å². The van der Waals surface area contributed by atoms with Gasteiger partial charge in [-0.3, -0.25) is 0 Å². The molecular formula is C7H15NO. The van der Waals surface area contributed by atoms with Crippen LogP contribution in [0.15, 0.2) is 0 Å². The molecule has 1 fully saturated rings. The first-order chi connectivity index (χ1) is 4.13. The molecule has 0 aromatic heterocycles. The minimum atomic E-state index is 0.139. The Hall–Kier alpha value is -0.0800. The van der Waals surface area contributed by atoms with E-state index >= 15 is 0 Å². The molecule has 2 heteroatoms. The lowest BCUT2D eigenvalue weighted by molar-refractivity contribution is 0.140. The zero-order chi connectivity index (χ0) is 7.07. The van der Waals surface area contributed by atoms with Crippen molar-refractivity contribution in [1.82, 2.24) is 4.90 Å². The number of rotatable bonds is 2. The van der Waals surface area contributed by atoms with Crippen molar-refractivity contribution in [2.24, 2.45) is 5.92 Å². The van der Waals surface area contributed by atoms with Crippen molar-refractivity contribution in [2.45, 2.75) is 18.9 Å². The van der Waals surface area contributed by atoms with Gasteiger partial charge in [0.05, 0.1) is 6.61 Å². The van der Waals surface area contributed by atoms with Gasteiger partial charge >= 0.3 is 0 Å². The van der Waals surface area contributed by atoms with Crippen molar-refractivity contribution >= 4 is 0 Å². The number of nitrogens with zero attached hydrogens (tertiary/aromatic N) is 1. The molecule has 0 bridgehead atoms. The fourth-order valence-electron chi connectivity index (χ4n) is 1.46. The normalized spacial score (nSPS) is 41.7. The summed E-state index contributed by atoms with van der Waals surface area (Å²) in [6.07, 6.45) is 1.15. The lowest BCUT2D eigenvalue weighted by Crippen LogP contribution is -2.35. The third kappa shape index (κ3) is 0.864. The van der Waals surface area contributed by atoms with Gasteiger partial charge in [-0.25, -0.2) is 0 Å². The van der Waals surface area contributed by atoms with Crippen LogP contribution in [0.1, 0.15) is 13.3 Å². The molecular weight excluding hydrogens is 114 g/mol. The molecule has 1 aliphatic rings. The highest BCUT2D eigenvalue weighted by Crippen LogP contribution is 2.46. The first-order valence-corrected chi connectivity index (χ1v) is 3.42. The summed E-state index contributed by atoms with van der Waals surface area (Å²) in [5, 5.41) is 8.96. The molecule has 1 aliphatic carbocycles. The van der Waals surface area contributed by atoms with Gasteiger partial charge in [0.2, 0.25) is 0 Å². The molecule has 0 aromatic rings. The van der Waals surface area contributed by atoms with Crippen LogP contribution in [-0.2, 0) is 0 Å². The van der Waals surface area contributed by atoms with E-state index in [1.807, 2.05) is 14.1 Å². The highest BCUT2D eigenvalue weighted by molar-refractivity contribution is 5.07. The fraction of sp³-hybridized carbons (Fsp3) is 1.00. The summed E-state index contributed by atoms with van der Waals surface area (Å²) >= 11 is 0. The second-order valence-corrected chi connectivity index (χ2v) is 3.26. The van der Waals surface area contributed by atoms with Gasteiger partial charge in [0, 0.05) is 5.54 Å². The van der Waals surface area contributed by atoms with Gasteiger partial charge in [0.15, 0.2) is 0 Å². The van der Waals surface area contributed by atoms with E-state index in [2.05, 4.69) is 11.8 Å². The smallest absolute Gasteiger partial charge is 0.0617 e. The second-order valence-electron chi connectivity index (χ2n) is 3.26. The van der Waals surface area contributed by atoms with Gasteiger partial charge in [-0.1, -0.05) is 6.92 Å². The molecule has 0 aliphatic heterocycles. The monoisotopic (exact) mass is 129 g/mol. The Bertz CT molecular complexity index is 109. The Balaban J connectivity index is 2.52. The molecule has 2 atom stereocenters. The SMILES string of the molecule is CC1CC1(CO)N(C)C. The lowest BCUT2D eigenvalue weighted by atomic mass is 10.2. The largest absolute Gasteiger partial charge is 0.394 e. The Morgan fingerprint density at radius 3 is 2.11 bits per heavy atom. The second kappa shape index (κ2) is 1.96. The van der Waals surface area contributed by atoms with Crippen LogP contribution in [-0.4, -0.2) is 36.2 Å².